The molecule has 0 aliphatic carbocycles. The Morgan fingerprint density at radius 1 is 1.03 bits per heavy atom. The minimum atomic E-state index is -0.481. The summed E-state index contributed by atoms with van der Waals surface area (Å²) < 4.78 is 11.4. The lowest BCUT2D eigenvalue weighted by atomic mass is 9.81. The van der Waals surface area contributed by atoms with Gasteiger partial charge in [0.2, 0.25) is 5.91 Å². The van der Waals surface area contributed by atoms with Gasteiger partial charge in [0.25, 0.3) is 5.91 Å². The summed E-state index contributed by atoms with van der Waals surface area (Å²) in [5.41, 5.74) is 2.47. The lowest BCUT2D eigenvalue weighted by Crippen LogP contribution is -2.48. The first kappa shape index (κ1) is 26.7. The monoisotopic (exact) mass is 520 g/mol. The van der Waals surface area contributed by atoms with Crippen LogP contribution in [0.1, 0.15) is 66.0 Å². The summed E-state index contributed by atoms with van der Waals surface area (Å²) in [5, 5.41) is 5.17. The van der Waals surface area contributed by atoms with E-state index in [4.69, 9.17) is 9.47 Å². The summed E-state index contributed by atoms with van der Waals surface area (Å²) in [4.78, 5) is 30.3. The third-order valence-electron chi connectivity index (χ3n) is 6.44. The number of carbonyl (C=O) groups excluding carboxylic acids is 2. The van der Waals surface area contributed by atoms with Crippen LogP contribution >= 0.6 is 11.3 Å². The van der Waals surface area contributed by atoms with E-state index in [0.717, 1.165) is 27.5 Å². The number of nitrogens with zero attached hydrogens (tertiary/aromatic N) is 1. The summed E-state index contributed by atoms with van der Waals surface area (Å²) in [6.45, 7) is 10.3. The summed E-state index contributed by atoms with van der Waals surface area (Å²) in [6, 6.07) is 17.1. The van der Waals surface area contributed by atoms with E-state index in [2.05, 4.69) is 19.2 Å². The molecule has 0 saturated heterocycles. The van der Waals surface area contributed by atoms with Gasteiger partial charge in [0, 0.05) is 23.5 Å². The Morgan fingerprint density at radius 2 is 1.78 bits per heavy atom. The van der Waals surface area contributed by atoms with Gasteiger partial charge in [-0.15, -0.1) is 11.3 Å². The van der Waals surface area contributed by atoms with Crippen LogP contribution in [0.25, 0.3) is 0 Å². The number of hydrogen-bond acceptors (Lipinski definition) is 5. The molecular weight excluding hydrogens is 484 g/mol. The molecule has 6 nitrogen and oxygen atoms in total. The molecule has 0 bridgehead atoms. The molecular formula is C30H36N2O4S. The summed E-state index contributed by atoms with van der Waals surface area (Å²) in [5.74, 6) is 1.16. The molecule has 1 aliphatic rings. The molecule has 7 heteroatoms. The fourth-order valence-corrected chi connectivity index (χ4v) is 5.81. The van der Waals surface area contributed by atoms with E-state index in [1.165, 1.54) is 0 Å². The van der Waals surface area contributed by atoms with Crippen molar-refractivity contribution in [2.24, 2.45) is 5.92 Å². The zero-order valence-corrected chi connectivity index (χ0v) is 22.8. The molecule has 37 heavy (non-hydrogen) atoms. The van der Waals surface area contributed by atoms with Gasteiger partial charge in [0.1, 0.15) is 0 Å². The molecule has 3 aromatic rings. The van der Waals surface area contributed by atoms with Gasteiger partial charge in [-0.05, 0) is 67.0 Å². The van der Waals surface area contributed by atoms with Gasteiger partial charge < -0.3 is 19.7 Å². The average Bonchev–Trinajstić information content (AvgIpc) is 3.41. The Bertz CT molecular complexity index is 1210. The average molecular weight is 521 g/mol. The van der Waals surface area contributed by atoms with E-state index in [-0.39, 0.29) is 23.8 Å². The van der Waals surface area contributed by atoms with E-state index < -0.39 is 5.92 Å². The summed E-state index contributed by atoms with van der Waals surface area (Å²) in [6.07, 6.45) is 0.658. The van der Waals surface area contributed by atoms with E-state index in [1.54, 1.807) is 11.3 Å². The number of hydrogen-bond donors (Lipinski definition) is 1. The van der Waals surface area contributed by atoms with Crippen LogP contribution in [-0.2, 0) is 11.2 Å². The van der Waals surface area contributed by atoms with Gasteiger partial charge in [0.05, 0.1) is 25.2 Å². The molecule has 0 fully saturated rings. The first-order valence-corrected chi connectivity index (χ1v) is 13.9. The summed E-state index contributed by atoms with van der Waals surface area (Å²) >= 11 is 1.59. The number of thiophene rings is 1. The van der Waals surface area contributed by atoms with Gasteiger partial charge in [0.15, 0.2) is 11.5 Å². The second-order valence-corrected chi connectivity index (χ2v) is 10.5. The standard InChI is InChI=1S/C30H36N2O4S/c1-5-35-24-14-13-21(18-25(24)36-6-2)15-16-31-29(33)27-22-10-7-8-11-23(22)30(34)32(19-20(3)4)28(27)26-12-9-17-37-26/h7-14,17-18,20,27-28H,5-6,15-16,19H2,1-4H3,(H,31,33)/t27-,28-/m1/s1. The zero-order chi connectivity index (χ0) is 26.4. The highest BCUT2D eigenvalue weighted by atomic mass is 32.1. The molecule has 4 rings (SSSR count). The number of nitrogens with one attached hydrogen (secondary N) is 1. The van der Waals surface area contributed by atoms with E-state index in [1.807, 2.05) is 78.7 Å². The van der Waals surface area contributed by atoms with Crippen molar-refractivity contribution in [3.63, 3.8) is 0 Å². The van der Waals surface area contributed by atoms with E-state index in [0.29, 0.717) is 38.3 Å². The van der Waals surface area contributed by atoms with Crippen LogP contribution in [0.3, 0.4) is 0 Å². The van der Waals surface area contributed by atoms with Gasteiger partial charge >= 0.3 is 0 Å². The fraction of sp³-hybridized carbons (Fsp3) is 0.400. The van der Waals surface area contributed by atoms with Crippen molar-refractivity contribution in [1.29, 1.82) is 0 Å². The molecule has 2 aromatic carbocycles. The normalized spacial score (nSPS) is 17.0. The highest BCUT2D eigenvalue weighted by Gasteiger charge is 2.44. The number of fused-ring (bicyclic) bond motifs is 1. The van der Waals surface area contributed by atoms with E-state index >= 15 is 0 Å². The molecule has 0 saturated carbocycles. The number of benzene rings is 2. The Balaban J connectivity index is 1.58. The Labute approximate surface area is 223 Å². The van der Waals surface area contributed by atoms with Crippen LogP contribution < -0.4 is 14.8 Å². The van der Waals surface area contributed by atoms with Crippen molar-refractivity contribution < 1.29 is 19.1 Å². The predicted molar refractivity (Wildman–Crippen MR) is 148 cm³/mol. The first-order chi connectivity index (χ1) is 17.9. The molecule has 2 amide bonds. The van der Waals surface area contributed by atoms with Crippen LogP contribution in [0.15, 0.2) is 60.0 Å². The van der Waals surface area contributed by atoms with Crippen molar-refractivity contribution in [2.45, 2.75) is 46.1 Å². The largest absolute Gasteiger partial charge is 0.490 e. The molecule has 2 atom stereocenters. The van der Waals surface area contributed by atoms with Crippen molar-refractivity contribution in [1.82, 2.24) is 10.2 Å². The van der Waals surface area contributed by atoms with E-state index in [9.17, 15) is 9.59 Å². The van der Waals surface area contributed by atoms with Gasteiger partial charge in [-0.3, -0.25) is 9.59 Å². The topological polar surface area (TPSA) is 67.9 Å². The van der Waals surface area contributed by atoms with Crippen molar-refractivity contribution in [3.05, 3.63) is 81.5 Å². The second kappa shape index (κ2) is 12.3. The third-order valence-corrected chi connectivity index (χ3v) is 7.38. The molecule has 0 radical (unpaired) electrons. The van der Waals surface area contributed by atoms with Gasteiger partial charge in [-0.25, -0.2) is 0 Å². The number of amides is 2. The smallest absolute Gasteiger partial charge is 0.254 e. The molecule has 2 heterocycles. The fourth-order valence-electron chi connectivity index (χ4n) is 4.94. The maximum absolute atomic E-state index is 13.8. The second-order valence-electron chi connectivity index (χ2n) is 9.56. The van der Waals surface area contributed by atoms with Crippen LogP contribution in [-0.4, -0.2) is 43.0 Å². The molecule has 1 N–H and O–H groups in total. The van der Waals surface area contributed by atoms with Gasteiger partial charge in [-0.2, -0.15) is 0 Å². The molecule has 1 aliphatic heterocycles. The molecule has 0 unspecified atom stereocenters. The predicted octanol–water partition coefficient (Wildman–Crippen LogP) is 5.84. The van der Waals surface area contributed by atoms with Crippen molar-refractivity contribution in [2.75, 3.05) is 26.3 Å². The quantitative estimate of drug-likeness (QED) is 0.345. The minimum absolute atomic E-state index is 0.00964. The Morgan fingerprint density at radius 3 is 2.49 bits per heavy atom. The highest BCUT2D eigenvalue weighted by molar-refractivity contribution is 7.10. The van der Waals surface area contributed by atoms with Crippen LogP contribution in [0.5, 0.6) is 11.5 Å². The lowest BCUT2D eigenvalue weighted by molar-refractivity contribution is -0.124. The SMILES string of the molecule is CCOc1ccc(CCNC(=O)[C@@H]2c3ccccc3C(=O)N(CC(C)C)[C@@H]2c2cccs2)cc1OCC. The molecule has 196 valence electrons. The zero-order valence-electron chi connectivity index (χ0n) is 22.0. The van der Waals surface area contributed by atoms with Crippen molar-refractivity contribution in [3.8, 4) is 11.5 Å². The Hall–Kier alpha value is -3.32. The highest BCUT2D eigenvalue weighted by Crippen LogP contribution is 2.44. The summed E-state index contributed by atoms with van der Waals surface area (Å²) in [7, 11) is 0. The van der Waals surface area contributed by atoms with Crippen LogP contribution in [0.4, 0.5) is 0 Å². The Kier molecular flexibility index (Phi) is 8.87. The van der Waals surface area contributed by atoms with Gasteiger partial charge in [-0.1, -0.05) is 44.2 Å². The first-order valence-electron chi connectivity index (χ1n) is 13.0. The number of carbonyl (C=O) groups is 2. The number of ether oxygens (including phenoxy) is 2. The minimum Gasteiger partial charge on any atom is -0.490 e. The molecule has 1 aromatic heterocycles. The lowest BCUT2D eigenvalue weighted by Gasteiger charge is -2.42. The molecule has 0 spiro atoms. The van der Waals surface area contributed by atoms with Crippen LogP contribution in [0.2, 0.25) is 0 Å². The number of rotatable bonds is 11. The maximum Gasteiger partial charge on any atom is 0.254 e. The maximum atomic E-state index is 13.8. The third kappa shape index (κ3) is 5.99. The van der Waals surface area contributed by atoms with Crippen LogP contribution in [0, 0.1) is 5.92 Å². The van der Waals surface area contributed by atoms with Crippen molar-refractivity contribution >= 4 is 23.2 Å².